The van der Waals surface area contributed by atoms with Crippen LogP contribution in [-0.2, 0) is 16.1 Å². The van der Waals surface area contributed by atoms with Gasteiger partial charge in [-0.05, 0) is 60.5 Å². The number of hydrogen-bond acceptors (Lipinski definition) is 4. The molecule has 0 aliphatic rings. The van der Waals surface area contributed by atoms with E-state index in [1.54, 1.807) is 42.5 Å². The van der Waals surface area contributed by atoms with Crippen molar-refractivity contribution in [3.63, 3.8) is 0 Å². The van der Waals surface area contributed by atoms with Crippen LogP contribution in [0.4, 0.5) is 10.1 Å². The first-order valence-corrected chi connectivity index (χ1v) is 10.6. The van der Waals surface area contributed by atoms with Crippen LogP contribution >= 0.6 is 0 Å². The minimum atomic E-state index is -0.502. The molecule has 0 aromatic heterocycles. The Morgan fingerprint density at radius 1 is 0.941 bits per heavy atom. The van der Waals surface area contributed by atoms with Gasteiger partial charge in [-0.3, -0.25) is 14.4 Å². The molecule has 7 nitrogen and oxygen atoms in total. The van der Waals surface area contributed by atoms with Gasteiger partial charge in [-0.25, -0.2) is 4.39 Å². The molecule has 34 heavy (non-hydrogen) atoms. The van der Waals surface area contributed by atoms with Gasteiger partial charge in [0.25, 0.3) is 5.91 Å². The van der Waals surface area contributed by atoms with Crippen molar-refractivity contribution in [3.8, 4) is 5.75 Å². The predicted molar refractivity (Wildman–Crippen MR) is 127 cm³/mol. The molecular formula is C26H26FN3O4. The molecule has 0 fully saturated rings. The maximum absolute atomic E-state index is 13.3. The fourth-order valence-corrected chi connectivity index (χ4v) is 3.28. The molecule has 3 aromatic rings. The van der Waals surface area contributed by atoms with E-state index in [2.05, 4.69) is 10.6 Å². The van der Waals surface area contributed by atoms with Crippen molar-refractivity contribution in [2.24, 2.45) is 0 Å². The molecule has 0 heterocycles. The lowest BCUT2D eigenvalue weighted by Crippen LogP contribution is -2.42. The van der Waals surface area contributed by atoms with Crippen molar-refractivity contribution >= 4 is 23.4 Å². The number of hydrogen-bond donors (Lipinski definition) is 2. The SMILES string of the molecule is COc1cccc(C(=O)N(CC(=O)NCC(=O)Nc2cccc(C)c2)Cc2ccc(F)cc2)c1. The molecule has 0 radical (unpaired) electrons. The number of rotatable bonds is 9. The number of carbonyl (C=O) groups excluding carboxylic acids is 3. The summed E-state index contributed by atoms with van der Waals surface area (Å²) in [6.45, 7) is 1.46. The molecule has 3 amide bonds. The van der Waals surface area contributed by atoms with Crippen molar-refractivity contribution in [2.75, 3.05) is 25.5 Å². The van der Waals surface area contributed by atoms with Crippen molar-refractivity contribution in [2.45, 2.75) is 13.5 Å². The van der Waals surface area contributed by atoms with Gasteiger partial charge in [0, 0.05) is 17.8 Å². The summed E-state index contributed by atoms with van der Waals surface area (Å²) < 4.78 is 18.5. The molecular weight excluding hydrogens is 437 g/mol. The standard InChI is InChI=1S/C26H26FN3O4/c1-18-5-3-7-22(13-18)29-24(31)15-28-25(32)17-30(16-19-9-11-21(27)12-10-19)26(33)20-6-4-8-23(14-20)34-2/h3-14H,15-17H2,1-2H3,(H,28,32)(H,29,31). The zero-order chi connectivity index (χ0) is 24.5. The third kappa shape index (κ3) is 7.16. The maximum atomic E-state index is 13.3. The first-order valence-electron chi connectivity index (χ1n) is 10.6. The van der Waals surface area contributed by atoms with E-state index >= 15 is 0 Å². The Morgan fingerprint density at radius 3 is 2.38 bits per heavy atom. The van der Waals surface area contributed by atoms with Gasteiger partial charge in [-0.15, -0.1) is 0 Å². The lowest BCUT2D eigenvalue weighted by molar-refractivity contribution is -0.124. The monoisotopic (exact) mass is 463 g/mol. The molecule has 176 valence electrons. The van der Waals surface area contributed by atoms with E-state index in [1.165, 1.54) is 24.1 Å². The summed E-state index contributed by atoms with van der Waals surface area (Å²) in [5, 5.41) is 5.26. The van der Waals surface area contributed by atoms with Crippen LogP contribution in [0.15, 0.2) is 72.8 Å². The summed E-state index contributed by atoms with van der Waals surface area (Å²) in [6, 6.07) is 19.6. The van der Waals surface area contributed by atoms with Gasteiger partial charge in [-0.2, -0.15) is 0 Å². The van der Waals surface area contributed by atoms with Crippen LogP contribution in [0.3, 0.4) is 0 Å². The van der Waals surface area contributed by atoms with Crippen molar-refractivity contribution < 1.29 is 23.5 Å². The highest BCUT2D eigenvalue weighted by Gasteiger charge is 2.20. The van der Waals surface area contributed by atoms with Gasteiger partial charge in [0.05, 0.1) is 13.7 Å². The van der Waals surface area contributed by atoms with Crippen LogP contribution in [0, 0.1) is 12.7 Å². The summed E-state index contributed by atoms with van der Waals surface area (Å²) in [5.41, 5.74) is 2.62. The summed E-state index contributed by atoms with van der Waals surface area (Å²) in [5.74, 6) is -1.18. The van der Waals surface area contributed by atoms with Gasteiger partial charge in [-0.1, -0.05) is 30.3 Å². The van der Waals surface area contributed by atoms with E-state index in [4.69, 9.17) is 4.74 Å². The Labute approximate surface area is 197 Å². The number of carbonyl (C=O) groups is 3. The molecule has 0 spiro atoms. The Morgan fingerprint density at radius 2 is 1.68 bits per heavy atom. The van der Waals surface area contributed by atoms with E-state index in [9.17, 15) is 18.8 Å². The summed E-state index contributed by atoms with van der Waals surface area (Å²) in [4.78, 5) is 39.3. The van der Waals surface area contributed by atoms with Gasteiger partial charge in [0.15, 0.2) is 0 Å². The van der Waals surface area contributed by atoms with Gasteiger partial charge in [0.2, 0.25) is 11.8 Å². The van der Waals surface area contributed by atoms with E-state index in [0.717, 1.165) is 5.56 Å². The second-order valence-corrected chi connectivity index (χ2v) is 7.71. The van der Waals surface area contributed by atoms with Gasteiger partial charge < -0.3 is 20.3 Å². The zero-order valence-electron chi connectivity index (χ0n) is 19.0. The van der Waals surface area contributed by atoms with Gasteiger partial charge >= 0.3 is 0 Å². The maximum Gasteiger partial charge on any atom is 0.254 e. The second kappa shape index (κ2) is 11.6. The third-order valence-corrected chi connectivity index (χ3v) is 4.97. The number of aryl methyl sites for hydroxylation is 1. The Balaban J connectivity index is 1.67. The largest absolute Gasteiger partial charge is 0.497 e. The highest BCUT2D eigenvalue weighted by atomic mass is 19.1. The minimum absolute atomic E-state index is 0.0826. The molecule has 0 unspecified atom stereocenters. The molecule has 0 atom stereocenters. The second-order valence-electron chi connectivity index (χ2n) is 7.71. The first kappa shape index (κ1) is 24.4. The lowest BCUT2D eigenvalue weighted by atomic mass is 10.1. The number of nitrogens with zero attached hydrogens (tertiary/aromatic N) is 1. The number of amides is 3. The highest BCUT2D eigenvalue weighted by Crippen LogP contribution is 2.16. The molecule has 0 saturated heterocycles. The smallest absolute Gasteiger partial charge is 0.254 e. The summed E-state index contributed by atoms with van der Waals surface area (Å²) in [7, 11) is 1.50. The number of benzene rings is 3. The van der Waals surface area contributed by atoms with Crippen LogP contribution in [0.2, 0.25) is 0 Å². The number of methoxy groups -OCH3 is 1. The summed E-state index contributed by atoms with van der Waals surface area (Å²) >= 11 is 0. The third-order valence-electron chi connectivity index (χ3n) is 4.97. The Hall–Kier alpha value is -4.20. The van der Waals surface area contributed by atoms with Crippen LogP contribution in [0.1, 0.15) is 21.5 Å². The van der Waals surface area contributed by atoms with E-state index in [0.29, 0.717) is 22.6 Å². The Kier molecular flexibility index (Phi) is 8.34. The van der Waals surface area contributed by atoms with E-state index in [-0.39, 0.29) is 25.5 Å². The topological polar surface area (TPSA) is 87.7 Å². The predicted octanol–water partition coefficient (Wildman–Crippen LogP) is 3.54. The number of nitrogens with one attached hydrogen (secondary N) is 2. The molecule has 3 rings (SSSR count). The van der Waals surface area contributed by atoms with Crippen LogP contribution in [0.5, 0.6) is 5.75 Å². The number of anilines is 1. The zero-order valence-corrected chi connectivity index (χ0v) is 19.0. The molecule has 0 bridgehead atoms. The summed E-state index contributed by atoms with van der Waals surface area (Å²) in [6.07, 6.45) is 0. The first-order chi connectivity index (χ1) is 16.3. The average molecular weight is 464 g/mol. The number of halogens is 1. The minimum Gasteiger partial charge on any atom is -0.497 e. The Bertz CT molecular complexity index is 1160. The van der Waals surface area contributed by atoms with Crippen molar-refractivity contribution in [1.29, 1.82) is 0 Å². The normalized spacial score (nSPS) is 10.3. The van der Waals surface area contributed by atoms with Crippen molar-refractivity contribution in [3.05, 3.63) is 95.3 Å². The quantitative estimate of drug-likeness (QED) is 0.508. The fraction of sp³-hybridized carbons (Fsp3) is 0.192. The molecule has 0 saturated carbocycles. The van der Waals surface area contributed by atoms with Crippen LogP contribution in [-0.4, -0.2) is 42.8 Å². The molecule has 0 aliphatic carbocycles. The molecule has 2 N–H and O–H groups in total. The lowest BCUT2D eigenvalue weighted by Gasteiger charge is -2.23. The van der Waals surface area contributed by atoms with Crippen LogP contribution in [0.25, 0.3) is 0 Å². The average Bonchev–Trinajstić information content (AvgIpc) is 2.83. The fourth-order valence-electron chi connectivity index (χ4n) is 3.28. The van der Waals surface area contributed by atoms with E-state index in [1.807, 2.05) is 25.1 Å². The highest BCUT2D eigenvalue weighted by molar-refractivity contribution is 5.98. The molecule has 3 aromatic carbocycles. The van der Waals surface area contributed by atoms with Crippen molar-refractivity contribution in [1.82, 2.24) is 10.2 Å². The molecule has 8 heteroatoms. The van der Waals surface area contributed by atoms with Gasteiger partial charge in [0.1, 0.15) is 18.1 Å². The van der Waals surface area contributed by atoms with E-state index < -0.39 is 17.6 Å². The van der Waals surface area contributed by atoms with Crippen LogP contribution < -0.4 is 15.4 Å². The number of ether oxygens (including phenoxy) is 1. The molecule has 0 aliphatic heterocycles.